The van der Waals surface area contributed by atoms with E-state index in [1.54, 1.807) is 84.7 Å². The Balaban J connectivity index is 1.76. The number of hydrogen-bond acceptors (Lipinski definition) is 4. The van der Waals surface area contributed by atoms with Crippen molar-refractivity contribution in [1.82, 2.24) is 4.57 Å². The van der Waals surface area contributed by atoms with Crippen molar-refractivity contribution >= 4 is 23.6 Å². The summed E-state index contributed by atoms with van der Waals surface area (Å²) in [5.74, 6) is 0.949. The molecule has 29 heavy (non-hydrogen) atoms. The number of carbonyl (C=O) groups is 1. The second-order valence-electron chi connectivity index (χ2n) is 6.31. The maximum atomic E-state index is 12.5. The smallest absolute Gasteiger partial charge is 0.346 e. The molecular formula is C23H16ClNO4. The van der Waals surface area contributed by atoms with Crippen LogP contribution >= 0.6 is 11.6 Å². The van der Waals surface area contributed by atoms with Crippen LogP contribution in [0.2, 0.25) is 5.02 Å². The fourth-order valence-corrected chi connectivity index (χ4v) is 3.21. The standard InChI is InChI=1S/C23H16ClNO4/c1-28-18-10-6-16(7-11-18)21-22-20(29-23(21)27)3-2-13-25(22)14-12-19(26)15-4-8-17(24)9-5-15/h2-14H,1H3. The third-order valence-electron chi connectivity index (χ3n) is 4.52. The van der Waals surface area contributed by atoms with Gasteiger partial charge in [0.2, 0.25) is 0 Å². The first-order valence-corrected chi connectivity index (χ1v) is 9.21. The van der Waals surface area contributed by atoms with Crippen molar-refractivity contribution in [1.29, 1.82) is 0 Å². The van der Waals surface area contributed by atoms with Crippen molar-refractivity contribution in [2.75, 3.05) is 7.11 Å². The summed E-state index contributed by atoms with van der Waals surface area (Å²) >= 11 is 5.87. The van der Waals surface area contributed by atoms with Crippen molar-refractivity contribution < 1.29 is 13.9 Å². The molecule has 6 heteroatoms. The Labute approximate surface area is 171 Å². The third-order valence-corrected chi connectivity index (χ3v) is 4.78. The van der Waals surface area contributed by atoms with Crippen molar-refractivity contribution in [3.05, 3.63) is 93.9 Å². The molecule has 0 spiro atoms. The summed E-state index contributed by atoms with van der Waals surface area (Å²) in [4.78, 5) is 25.0. The van der Waals surface area contributed by atoms with E-state index >= 15 is 0 Å². The van der Waals surface area contributed by atoms with Gasteiger partial charge in [-0.3, -0.25) is 4.79 Å². The number of ketones is 1. The van der Waals surface area contributed by atoms with Gasteiger partial charge in [0.05, 0.1) is 12.7 Å². The summed E-state index contributed by atoms with van der Waals surface area (Å²) in [6.45, 7) is 0. The van der Waals surface area contributed by atoms with Crippen molar-refractivity contribution in [3.63, 3.8) is 0 Å². The van der Waals surface area contributed by atoms with E-state index in [4.69, 9.17) is 20.8 Å². The molecule has 2 aliphatic rings. The van der Waals surface area contributed by atoms with Crippen LogP contribution in [0.1, 0.15) is 10.4 Å². The van der Waals surface area contributed by atoms with Crippen LogP contribution in [0.3, 0.4) is 0 Å². The lowest BCUT2D eigenvalue weighted by Gasteiger charge is -2.09. The van der Waals surface area contributed by atoms with Crippen LogP contribution in [0.4, 0.5) is 0 Å². The van der Waals surface area contributed by atoms with Crippen LogP contribution in [-0.2, 0) is 0 Å². The fraction of sp³-hybridized carbons (Fsp3) is 0.0435. The van der Waals surface area contributed by atoms with Gasteiger partial charge in [0.25, 0.3) is 0 Å². The molecular weight excluding hydrogens is 390 g/mol. The topological polar surface area (TPSA) is 61.4 Å². The summed E-state index contributed by atoms with van der Waals surface area (Å²) < 4.78 is 12.3. The second-order valence-corrected chi connectivity index (χ2v) is 6.74. The van der Waals surface area contributed by atoms with E-state index in [0.717, 1.165) is 0 Å². The highest BCUT2D eigenvalue weighted by molar-refractivity contribution is 6.30. The first-order valence-electron chi connectivity index (χ1n) is 8.83. The molecule has 0 aliphatic carbocycles. The third kappa shape index (κ3) is 3.73. The van der Waals surface area contributed by atoms with Crippen molar-refractivity contribution in [2.45, 2.75) is 0 Å². The molecule has 2 aromatic carbocycles. The van der Waals surface area contributed by atoms with Crippen LogP contribution in [-0.4, -0.2) is 17.5 Å². The number of benzene rings is 2. The van der Waals surface area contributed by atoms with Crippen LogP contribution < -0.4 is 10.4 Å². The number of rotatable bonds is 5. The minimum absolute atomic E-state index is 0.178. The van der Waals surface area contributed by atoms with Gasteiger partial charge >= 0.3 is 5.63 Å². The van der Waals surface area contributed by atoms with Gasteiger partial charge in [-0.2, -0.15) is 0 Å². The van der Waals surface area contributed by atoms with E-state index in [9.17, 15) is 9.59 Å². The number of halogens is 1. The number of aromatic nitrogens is 1. The molecule has 5 nitrogen and oxygen atoms in total. The van der Waals surface area contributed by atoms with Crippen LogP contribution in [0.25, 0.3) is 28.8 Å². The predicted octanol–water partition coefficient (Wildman–Crippen LogP) is 5.23. The highest BCUT2D eigenvalue weighted by atomic mass is 35.5. The number of allylic oxidation sites excluding steroid dienone is 1. The van der Waals surface area contributed by atoms with E-state index in [0.29, 0.717) is 38.9 Å². The SMILES string of the molecule is COc1ccc(-c2c3n(C=CC(=O)c4ccc(Cl)cc4)cccc-3oc2=O)cc1. The molecule has 0 fully saturated rings. The number of hydrogen-bond donors (Lipinski definition) is 0. The minimum Gasteiger partial charge on any atom is -0.497 e. The monoisotopic (exact) mass is 405 g/mol. The Bertz CT molecular complexity index is 1220. The lowest BCUT2D eigenvalue weighted by atomic mass is 10.0. The lowest BCUT2D eigenvalue weighted by molar-refractivity contribution is 0.104. The Hall–Kier alpha value is -3.57. The number of pyridine rings is 1. The summed E-state index contributed by atoms with van der Waals surface area (Å²) in [5, 5.41) is 0.565. The van der Waals surface area contributed by atoms with Gasteiger partial charge in [0.1, 0.15) is 11.4 Å². The highest BCUT2D eigenvalue weighted by Crippen LogP contribution is 2.33. The molecule has 0 amide bonds. The largest absolute Gasteiger partial charge is 0.497 e. The molecule has 0 bridgehead atoms. The van der Waals surface area contributed by atoms with E-state index in [1.165, 1.54) is 6.08 Å². The molecule has 0 saturated heterocycles. The average molecular weight is 406 g/mol. The first kappa shape index (κ1) is 18.8. The zero-order chi connectivity index (χ0) is 20.4. The van der Waals surface area contributed by atoms with E-state index in [1.807, 2.05) is 0 Å². The number of carbonyl (C=O) groups excluding carboxylic acids is 1. The molecule has 0 N–H and O–H groups in total. The minimum atomic E-state index is -0.442. The Kier molecular flexibility index (Phi) is 5.06. The zero-order valence-corrected chi connectivity index (χ0v) is 16.2. The Morgan fingerprint density at radius 3 is 2.48 bits per heavy atom. The second kappa shape index (κ2) is 7.81. The quantitative estimate of drug-likeness (QED) is 0.337. The van der Waals surface area contributed by atoms with Gasteiger partial charge < -0.3 is 13.7 Å². The van der Waals surface area contributed by atoms with Crippen molar-refractivity contribution in [3.8, 4) is 28.3 Å². The van der Waals surface area contributed by atoms with Crippen LogP contribution in [0.5, 0.6) is 5.75 Å². The normalized spacial score (nSPS) is 11.2. The average Bonchev–Trinajstić information content (AvgIpc) is 3.09. The van der Waals surface area contributed by atoms with Gasteiger partial charge in [-0.25, -0.2) is 4.79 Å². The zero-order valence-electron chi connectivity index (χ0n) is 15.5. The molecule has 2 heterocycles. The van der Waals surface area contributed by atoms with E-state index < -0.39 is 5.63 Å². The van der Waals surface area contributed by atoms with Gasteiger partial charge in [0.15, 0.2) is 11.5 Å². The number of nitrogens with zero attached hydrogens (tertiary/aromatic N) is 1. The van der Waals surface area contributed by atoms with E-state index in [-0.39, 0.29) is 5.78 Å². The fourth-order valence-electron chi connectivity index (χ4n) is 3.08. The maximum Gasteiger partial charge on any atom is 0.346 e. The Morgan fingerprint density at radius 2 is 1.79 bits per heavy atom. The first-order chi connectivity index (χ1) is 14.1. The molecule has 4 rings (SSSR count). The van der Waals surface area contributed by atoms with Crippen LogP contribution in [0, 0.1) is 0 Å². The highest BCUT2D eigenvalue weighted by Gasteiger charge is 2.21. The van der Waals surface area contributed by atoms with Gasteiger partial charge in [-0.1, -0.05) is 23.7 Å². The number of ether oxygens (including phenoxy) is 1. The lowest BCUT2D eigenvalue weighted by Crippen LogP contribution is -2.01. The molecule has 2 aromatic rings. The summed E-state index contributed by atoms with van der Waals surface area (Å²) in [6.07, 6.45) is 4.81. The summed E-state index contributed by atoms with van der Waals surface area (Å²) in [7, 11) is 1.58. The molecule has 2 aliphatic heterocycles. The molecule has 0 saturated carbocycles. The number of methoxy groups -OCH3 is 1. The van der Waals surface area contributed by atoms with Crippen molar-refractivity contribution in [2.24, 2.45) is 0 Å². The number of furan rings is 1. The molecule has 0 radical (unpaired) electrons. The molecule has 0 unspecified atom stereocenters. The van der Waals surface area contributed by atoms with Crippen LogP contribution in [0.15, 0.2) is 82.1 Å². The predicted molar refractivity (Wildman–Crippen MR) is 113 cm³/mol. The molecule has 0 atom stereocenters. The summed E-state index contributed by atoms with van der Waals surface area (Å²) in [5.41, 5.74) is 1.79. The van der Waals surface area contributed by atoms with Gasteiger partial charge in [-0.05, 0) is 54.1 Å². The van der Waals surface area contributed by atoms with Gasteiger partial charge in [-0.15, -0.1) is 0 Å². The summed E-state index contributed by atoms with van der Waals surface area (Å²) in [6, 6.07) is 17.3. The van der Waals surface area contributed by atoms with E-state index in [2.05, 4.69) is 0 Å². The maximum absolute atomic E-state index is 12.5. The molecule has 0 aromatic heterocycles. The number of fused-ring (bicyclic) bond motifs is 1. The van der Waals surface area contributed by atoms with Gasteiger partial charge in [0, 0.05) is 29.1 Å². The molecule has 144 valence electrons. The Morgan fingerprint density at radius 1 is 1.07 bits per heavy atom.